The molecule has 3 heterocycles. The molecule has 5 nitrogen and oxygen atoms in total. The Kier molecular flexibility index (Phi) is 5.04. The molecule has 0 N–H and O–H groups in total. The number of fused-ring (bicyclic) bond motifs is 5. The van der Waals surface area contributed by atoms with Crippen molar-refractivity contribution in [3.05, 3.63) is 137 Å². The maximum absolute atomic E-state index is 14.5. The Bertz CT molecular complexity index is 1680. The molecule has 1 fully saturated rings. The van der Waals surface area contributed by atoms with Gasteiger partial charge in [0.2, 0.25) is 0 Å². The van der Waals surface area contributed by atoms with E-state index in [9.17, 15) is 18.8 Å². The van der Waals surface area contributed by atoms with E-state index in [0.717, 1.165) is 5.56 Å². The van der Waals surface area contributed by atoms with Gasteiger partial charge in [0.15, 0.2) is 17.3 Å². The second-order valence-electron chi connectivity index (χ2n) is 10.4. The summed E-state index contributed by atoms with van der Waals surface area (Å²) in [5.41, 5.74) is 2.43. The topological polar surface area (TPSA) is 67.3 Å². The average molecular weight is 515 g/mol. The van der Waals surface area contributed by atoms with Crippen molar-refractivity contribution in [2.75, 3.05) is 4.90 Å². The van der Waals surface area contributed by atoms with Crippen LogP contribution >= 0.6 is 0 Å². The maximum Gasteiger partial charge on any atom is 0.185 e. The first-order chi connectivity index (χ1) is 18.9. The van der Waals surface area contributed by atoms with Gasteiger partial charge in [0.05, 0.1) is 6.04 Å². The molecule has 1 aliphatic carbocycles. The van der Waals surface area contributed by atoms with Gasteiger partial charge in [-0.05, 0) is 36.8 Å². The highest BCUT2D eigenvalue weighted by Gasteiger charge is 2.71. The zero-order valence-corrected chi connectivity index (χ0v) is 21.0. The molecule has 1 aromatic heterocycles. The molecule has 3 aromatic carbocycles. The molecule has 0 unspecified atom stereocenters. The highest BCUT2D eigenvalue weighted by molar-refractivity contribution is 6.32. The zero-order valence-electron chi connectivity index (χ0n) is 21.0. The van der Waals surface area contributed by atoms with Gasteiger partial charge in [-0.3, -0.25) is 19.4 Å². The van der Waals surface area contributed by atoms with Gasteiger partial charge in [-0.15, -0.1) is 0 Å². The first-order valence-electron chi connectivity index (χ1n) is 12.9. The predicted octanol–water partition coefficient (Wildman–Crippen LogP) is 5.85. The molecule has 0 radical (unpaired) electrons. The lowest BCUT2D eigenvalue weighted by Crippen LogP contribution is -2.48. The van der Waals surface area contributed by atoms with Gasteiger partial charge in [-0.1, -0.05) is 72.3 Å². The molecule has 39 heavy (non-hydrogen) atoms. The summed E-state index contributed by atoms with van der Waals surface area (Å²) in [6.45, 7) is 1.95. The van der Waals surface area contributed by atoms with Crippen LogP contribution in [0.4, 0.5) is 10.1 Å². The van der Waals surface area contributed by atoms with Gasteiger partial charge >= 0.3 is 0 Å². The van der Waals surface area contributed by atoms with E-state index < -0.39 is 29.2 Å². The van der Waals surface area contributed by atoms with E-state index in [0.29, 0.717) is 33.5 Å². The predicted molar refractivity (Wildman–Crippen MR) is 146 cm³/mol. The summed E-state index contributed by atoms with van der Waals surface area (Å²) in [4.78, 5) is 49.7. The van der Waals surface area contributed by atoms with Crippen LogP contribution in [-0.4, -0.2) is 34.4 Å². The minimum Gasteiger partial charge on any atom is -0.352 e. The molecule has 2 aliphatic heterocycles. The Balaban J connectivity index is 1.54. The minimum absolute atomic E-state index is 0.215. The highest BCUT2D eigenvalue weighted by Crippen LogP contribution is 2.60. The summed E-state index contributed by atoms with van der Waals surface area (Å²) in [6, 6.07) is 20.4. The van der Waals surface area contributed by atoms with Crippen molar-refractivity contribution in [2.45, 2.75) is 24.9 Å². The number of hydrogen-bond donors (Lipinski definition) is 0. The smallest absolute Gasteiger partial charge is 0.185 e. The van der Waals surface area contributed by atoms with Crippen molar-refractivity contribution in [1.29, 1.82) is 0 Å². The third-order valence-corrected chi connectivity index (χ3v) is 8.41. The monoisotopic (exact) mass is 514 g/mol. The molecular weight excluding hydrogens is 491 g/mol. The van der Waals surface area contributed by atoms with E-state index in [1.54, 1.807) is 73.1 Å². The third kappa shape index (κ3) is 3.12. The highest BCUT2D eigenvalue weighted by atomic mass is 19.1. The van der Waals surface area contributed by atoms with Gasteiger partial charge in [-0.2, -0.15) is 0 Å². The number of ketones is 3. The number of nitrogens with zero attached hydrogens (tertiary/aromatic N) is 2. The largest absolute Gasteiger partial charge is 0.352 e. The summed E-state index contributed by atoms with van der Waals surface area (Å²) in [5, 5.41) is 0. The number of aryl methyl sites for hydroxylation is 1. The molecule has 190 valence electrons. The number of Topliss-reactive ketones (excluding diaryl/α,β-unsaturated/α-hetero) is 3. The second-order valence-corrected chi connectivity index (χ2v) is 10.4. The fraction of sp³-hybridized carbons (Fsp3) is 0.152. The van der Waals surface area contributed by atoms with E-state index in [-0.39, 0.29) is 17.3 Å². The molecule has 3 aliphatic rings. The number of aromatic nitrogens is 1. The molecule has 1 saturated heterocycles. The number of carbonyl (C=O) groups excluding carboxylic acids is 3. The Morgan fingerprint density at radius 1 is 0.923 bits per heavy atom. The summed E-state index contributed by atoms with van der Waals surface area (Å²) in [7, 11) is 0. The van der Waals surface area contributed by atoms with Crippen LogP contribution in [-0.2, 0) is 0 Å². The van der Waals surface area contributed by atoms with Crippen LogP contribution in [0.2, 0.25) is 0 Å². The van der Waals surface area contributed by atoms with Crippen LogP contribution in [0.15, 0.2) is 97.3 Å². The fourth-order valence-electron chi connectivity index (χ4n) is 6.77. The number of benzene rings is 3. The lowest BCUT2D eigenvalue weighted by Gasteiger charge is -2.37. The van der Waals surface area contributed by atoms with E-state index in [1.807, 2.05) is 30.0 Å². The Labute approximate surface area is 224 Å². The molecule has 7 rings (SSSR count). The summed E-state index contributed by atoms with van der Waals surface area (Å²) in [6.07, 6.45) is 6.80. The molecule has 4 aromatic rings. The van der Waals surface area contributed by atoms with E-state index in [1.165, 1.54) is 12.1 Å². The van der Waals surface area contributed by atoms with Crippen molar-refractivity contribution >= 4 is 29.1 Å². The second kappa shape index (κ2) is 8.40. The maximum atomic E-state index is 14.5. The fourth-order valence-corrected chi connectivity index (χ4v) is 6.77. The molecule has 0 amide bonds. The number of rotatable bonds is 3. The Morgan fingerprint density at radius 3 is 2.31 bits per heavy atom. The molecule has 0 saturated carbocycles. The van der Waals surface area contributed by atoms with Crippen LogP contribution < -0.4 is 4.90 Å². The minimum atomic E-state index is -1.60. The van der Waals surface area contributed by atoms with Gasteiger partial charge in [0, 0.05) is 46.3 Å². The van der Waals surface area contributed by atoms with Crippen molar-refractivity contribution in [1.82, 2.24) is 4.98 Å². The van der Waals surface area contributed by atoms with E-state index in [2.05, 4.69) is 4.98 Å². The van der Waals surface area contributed by atoms with Crippen LogP contribution in [0.3, 0.4) is 0 Å². The summed E-state index contributed by atoms with van der Waals surface area (Å²) in [5.74, 6) is -2.06. The third-order valence-electron chi connectivity index (χ3n) is 8.41. The number of pyridine rings is 1. The van der Waals surface area contributed by atoms with Gasteiger partial charge in [0.1, 0.15) is 17.3 Å². The SMILES string of the molecule is Cc1ccc(C(=O)[C@H]2[C@H](c3cccnc3)C3(C(=O)c4ccccc4C3=O)[C@@H]3C=Cc4cc(F)ccc4N32)cc1. The Hall–Kier alpha value is -4.71. The normalized spacial score (nSPS) is 22.1. The molecule has 6 heteroatoms. The number of carbonyl (C=O) groups is 3. The molecule has 3 atom stereocenters. The number of anilines is 1. The zero-order chi connectivity index (χ0) is 26.9. The van der Waals surface area contributed by atoms with Gasteiger partial charge < -0.3 is 4.90 Å². The number of hydrogen-bond acceptors (Lipinski definition) is 5. The van der Waals surface area contributed by atoms with Gasteiger partial charge in [0.25, 0.3) is 0 Å². The first-order valence-corrected chi connectivity index (χ1v) is 12.9. The van der Waals surface area contributed by atoms with Crippen molar-refractivity contribution in [2.24, 2.45) is 5.41 Å². The van der Waals surface area contributed by atoms with Crippen LogP contribution in [0.25, 0.3) is 6.08 Å². The molecule has 0 bridgehead atoms. The summed E-state index contributed by atoms with van der Waals surface area (Å²) >= 11 is 0. The van der Waals surface area contributed by atoms with E-state index >= 15 is 0 Å². The van der Waals surface area contributed by atoms with Crippen molar-refractivity contribution < 1.29 is 18.8 Å². The quantitative estimate of drug-likeness (QED) is 0.254. The van der Waals surface area contributed by atoms with Crippen LogP contribution in [0.1, 0.15) is 53.7 Å². The average Bonchev–Trinajstić information content (AvgIpc) is 3.39. The number of halogens is 1. The van der Waals surface area contributed by atoms with Crippen molar-refractivity contribution in [3.8, 4) is 0 Å². The first kappa shape index (κ1) is 23.4. The Morgan fingerprint density at radius 2 is 1.64 bits per heavy atom. The lowest BCUT2D eigenvalue weighted by atomic mass is 9.64. The van der Waals surface area contributed by atoms with Crippen molar-refractivity contribution in [3.63, 3.8) is 0 Å². The van der Waals surface area contributed by atoms with Crippen LogP contribution in [0.5, 0.6) is 0 Å². The molecular formula is C33H23FN2O3. The van der Waals surface area contributed by atoms with Gasteiger partial charge in [-0.25, -0.2) is 4.39 Å². The summed E-state index contributed by atoms with van der Waals surface area (Å²) < 4.78 is 14.3. The standard InChI is InChI=1S/C33H23FN2O3/c1-19-8-10-20(11-9-19)30(37)29-28(22-5-4-16-35-18-22)33(31(38)24-6-2-3-7-25(24)32(33)39)27-15-12-21-17-23(34)13-14-26(21)36(27)29/h2-18,27-29H,1H3/t27-,28-,29+/m0/s1. The lowest BCUT2D eigenvalue weighted by molar-refractivity contribution is 0.0666. The molecule has 1 spiro atoms. The van der Waals surface area contributed by atoms with Crippen LogP contribution in [0, 0.1) is 18.2 Å². The van der Waals surface area contributed by atoms with E-state index in [4.69, 9.17) is 0 Å².